The zero-order valence-corrected chi connectivity index (χ0v) is 18.6. The molecule has 6 nitrogen and oxygen atoms in total. The minimum Gasteiger partial charge on any atom is -0.370 e. The van der Waals surface area contributed by atoms with Gasteiger partial charge in [0.15, 0.2) is 5.13 Å². The van der Waals surface area contributed by atoms with Gasteiger partial charge in [-0.2, -0.15) is 5.26 Å². The van der Waals surface area contributed by atoms with Gasteiger partial charge >= 0.3 is 0 Å². The lowest BCUT2D eigenvalue weighted by Gasteiger charge is -2.41. The Kier molecular flexibility index (Phi) is 5.96. The number of thiazole rings is 1. The highest BCUT2D eigenvalue weighted by molar-refractivity contribution is 7.99. The maximum absolute atomic E-state index is 14.4. The molecule has 0 atom stereocenters. The molecule has 1 aliphatic rings. The number of nitriles is 1. The number of halogens is 1. The van der Waals surface area contributed by atoms with Gasteiger partial charge in [-0.1, -0.05) is 35.6 Å². The van der Waals surface area contributed by atoms with Crippen LogP contribution in [0.3, 0.4) is 0 Å². The second-order valence-electron chi connectivity index (χ2n) is 7.31. The molecule has 0 radical (unpaired) electrons. The Bertz CT molecular complexity index is 1170. The fraction of sp³-hybridized carbons (Fsp3) is 0.227. The number of nitrogens with zero attached hydrogens (tertiary/aromatic N) is 4. The molecule has 31 heavy (non-hydrogen) atoms. The lowest BCUT2D eigenvalue weighted by molar-refractivity contribution is -0.122. The topological polar surface area (TPSA) is 86.2 Å². The van der Waals surface area contributed by atoms with E-state index in [0.29, 0.717) is 29.3 Å². The summed E-state index contributed by atoms with van der Waals surface area (Å²) in [5, 5.41) is 15.3. The highest BCUT2D eigenvalue weighted by Crippen LogP contribution is 2.34. The van der Waals surface area contributed by atoms with Crippen LogP contribution in [0, 0.1) is 30.0 Å². The molecular formula is C22H20FN5OS2. The molecule has 1 aliphatic heterocycles. The number of benzene rings is 2. The Hall–Kier alpha value is -2.93. The Morgan fingerprint density at radius 3 is 2.65 bits per heavy atom. The molecule has 3 aromatic rings. The molecule has 4 rings (SSSR count). The predicted octanol–water partition coefficient (Wildman–Crippen LogP) is 4.19. The quantitative estimate of drug-likeness (QED) is 0.583. The molecule has 2 heterocycles. The summed E-state index contributed by atoms with van der Waals surface area (Å²) >= 11 is 2.56. The normalized spacial score (nSPS) is 13.6. The Morgan fingerprint density at radius 1 is 1.32 bits per heavy atom. The molecule has 0 spiro atoms. The van der Waals surface area contributed by atoms with E-state index in [4.69, 9.17) is 10.4 Å². The van der Waals surface area contributed by atoms with E-state index in [-0.39, 0.29) is 17.4 Å². The van der Waals surface area contributed by atoms with Crippen LogP contribution in [-0.4, -0.2) is 31.0 Å². The third-order valence-corrected chi connectivity index (χ3v) is 7.44. The van der Waals surface area contributed by atoms with Crippen LogP contribution in [0.1, 0.15) is 11.3 Å². The summed E-state index contributed by atoms with van der Waals surface area (Å²) in [4.78, 5) is 21.0. The molecule has 9 heteroatoms. The van der Waals surface area contributed by atoms with Crippen LogP contribution in [-0.2, 0) is 4.79 Å². The zero-order chi connectivity index (χ0) is 22.1. The standard InChI is InChI=1S/C22H20FN5OS2/c1-13-21(31-25)30-22(26-13)27(2)20(29)16-11-28(12-16)17-8-6-14(7-9-17)18-5-3-4-15(10-24)19(18)23/h3-9,16H,11-12,25H2,1-2H3. The number of nitrogens with two attached hydrogens (primary N) is 1. The van der Waals surface area contributed by atoms with E-state index in [2.05, 4.69) is 9.88 Å². The first-order valence-electron chi connectivity index (χ1n) is 9.58. The first-order valence-corrected chi connectivity index (χ1v) is 11.3. The summed E-state index contributed by atoms with van der Waals surface area (Å²) < 4.78 is 15.3. The van der Waals surface area contributed by atoms with Crippen molar-refractivity contribution in [3.63, 3.8) is 0 Å². The highest BCUT2D eigenvalue weighted by atomic mass is 32.2. The molecular weight excluding hydrogens is 433 g/mol. The summed E-state index contributed by atoms with van der Waals surface area (Å²) in [6.07, 6.45) is 0. The molecule has 1 amide bonds. The smallest absolute Gasteiger partial charge is 0.235 e. The van der Waals surface area contributed by atoms with Gasteiger partial charge in [0.05, 0.1) is 21.4 Å². The Labute approximate surface area is 188 Å². The number of hydrogen-bond donors (Lipinski definition) is 1. The van der Waals surface area contributed by atoms with Gasteiger partial charge in [0, 0.05) is 31.4 Å². The van der Waals surface area contributed by atoms with E-state index in [9.17, 15) is 9.18 Å². The molecule has 0 saturated carbocycles. The van der Waals surface area contributed by atoms with Gasteiger partial charge in [-0.25, -0.2) is 9.37 Å². The average molecular weight is 454 g/mol. The summed E-state index contributed by atoms with van der Waals surface area (Å²) in [6, 6.07) is 14.2. The van der Waals surface area contributed by atoms with Crippen molar-refractivity contribution in [2.45, 2.75) is 11.1 Å². The van der Waals surface area contributed by atoms with Gasteiger partial charge in [0.2, 0.25) is 5.91 Å². The second-order valence-corrected chi connectivity index (χ2v) is 9.19. The monoisotopic (exact) mass is 453 g/mol. The minimum atomic E-state index is -0.510. The van der Waals surface area contributed by atoms with Crippen molar-refractivity contribution in [1.29, 1.82) is 5.26 Å². The number of aromatic nitrogens is 1. The number of carbonyl (C=O) groups excluding carboxylic acids is 1. The van der Waals surface area contributed by atoms with Crippen molar-refractivity contribution in [3.05, 3.63) is 59.5 Å². The summed E-state index contributed by atoms with van der Waals surface area (Å²) in [7, 11) is 1.74. The van der Waals surface area contributed by atoms with Crippen LogP contribution in [0.25, 0.3) is 11.1 Å². The molecule has 1 fully saturated rings. The van der Waals surface area contributed by atoms with Crippen molar-refractivity contribution in [3.8, 4) is 17.2 Å². The van der Waals surface area contributed by atoms with Crippen LogP contribution in [0.2, 0.25) is 0 Å². The number of hydrogen-bond acceptors (Lipinski definition) is 7. The highest BCUT2D eigenvalue weighted by Gasteiger charge is 2.35. The molecule has 0 aliphatic carbocycles. The fourth-order valence-corrected chi connectivity index (χ4v) is 4.93. The number of amides is 1. The molecule has 158 valence electrons. The lowest BCUT2D eigenvalue weighted by atomic mass is 9.96. The van der Waals surface area contributed by atoms with Gasteiger partial charge in [-0.15, -0.1) is 0 Å². The summed E-state index contributed by atoms with van der Waals surface area (Å²) in [5.74, 6) is -0.581. The SMILES string of the molecule is Cc1nc(N(C)C(=O)C2CN(c3ccc(-c4cccc(C#N)c4F)cc3)C2)sc1SN. The first kappa shape index (κ1) is 21.3. The van der Waals surface area contributed by atoms with Crippen molar-refractivity contribution >= 4 is 40.0 Å². The number of anilines is 2. The van der Waals surface area contributed by atoms with E-state index in [1.54, 1.807) is 24.1 Å². The van der Waals surface area contributed by atoms with Gasteiger partial charge in [0.1, 0.15) is 11.9 Å². The zero-order valence-electron chi connectivity index (χ0n) is 17.0. The minimum absolute atomic E-state index is 0.0300. The van der Waals surface area contributed by atoms with Crippen molar-refractivity contribution in [2.24, 2.45) is 11.1 Å². The second kappa shape index (κ2) is 8.67. The van der Waals surface area contributed by atoms with E-state index in [1.807, 2.05) is 37.3 Å². The fourth-order valence-electron chi connectivity index (χ4n) is 3.53. The van der Waals surface area contributed by atoms with Gasteiger partial charge in [-0.3, -0.25) is 14.8 Å². The Balaban J connectivity index is 1.41. The van der Waals surface area contributed by atoms with Crippen LogP contribution < -0.4 is 14.9 Å². The summed E-state index contributed by atoms with van der Waals surface area (Å²) in [5.41, 5.74) is 2.94. The van der Waals surface area contributed by atoms with Crippen molar-refractivity contribution in [2.75, 3.05) is 29.9 Å². The third-order valence-electron chi connectivity index (χ3n) is 5.36. The van der Waals surface area contributed by atoms with E-state index < -0.39 is 5.82 Å². The van der Waals surface area contributed by atoms with Crippen LogP contribution in [0.15, 0.2) is 46.7 Å². The molecule has 1 aromatic heterocycles. The van der Waals surface area contributed by atoms with Gasteiger partial charge in [-0.05, 0) is 42.6 Å². The van der Waals surface area contributed by atoms with Crippen LogP contribution >= 0.6 is 23.3 Å². The maximum atomic E-state index is 14.4. The number of rotatable bonds is 5. The van der Waals surface area contributed by atoms with Gasteiger partial charge < -0.3 is 4.90 Å². The third kappa shape index (κ3) is 4.02. The number of aryl methyl sites for hydroxylation is 1. The molecule has 2 N–H and O–H groups in total. The van der Waals surface area contributed by atoms with Crippen molar-refractivity contribution < 1.29 is 9.18 Å². The lowest BCUT2D eigenvalue weighted by Crippen LogP contribution is -2.54. The van der Waals surface area contributed by atoms with Crippen LogP contribution in [0.5, 0.6) is 0 Å². The van der Waals surface area contributed by atoms with E-state index in [1.165, 1.54) is 17.4 Å². The predicted molar refractivity (Wildman–Crippen MR) is 123 cm³/mol. The van der Waals surface area contributed by atoms with Gasteiger partial charge in [0.25, 0.3) is 0 Å². The van der Waals surface area contributed by atoms with E-state index in [0.717, 1.165) is 27.5 Å². The van der Waals surface area contributed by atoms with E-state index >= 15 is 0 Å². The maximum Gasteiger partial charge on any atom is 0.235 e. The van der Waals surface area contributed by atoms with Crippen molar-refractivity contribution in [1.82, 2.24) is 4.98 Å². The average Bonchev–Trinajstić information content (AvgIpc) is 3.13. The first-order chi connectivity index (χ1) is 14.9. The molecule has 2 aromatic carbocycles. The molecule has 0 bridgehead atoms. The molecule has 1 saturated heterocycles. The Morgan fingerprint density at radius 2 is 2.03 bits per heavy atom. The largest absolute Gasteiger partial charge is 0.370 e. The molecule has 0 unspecified atom stereocenters. The number of carbonyl (C=O) groups is 1. The van der Waals surface area contributed by atoms with Crippen LogP contribution in [0.4, 0.5) is 15.2 Å². The summed E-state index contributed by atoms with van der Waals surface area (Å²) in [6.45, 7) is 3.11.